The number of benzene rings is 2. The van der Waals surface area contributed by atoms with E-state index in [2.05, 4.69) is 0 Å². The topological polar surface area (TPSA) is 37.4 Å². The molecule has 3 rings (SSSR count). The molecule has 0 radical (unpaired) electrons. The molecule has 116 valence electrons. The Bertz CT molecular complexity index is 771. The van der Waals surface area contributed by atoms with Crippen LogP contribution in [0.2, 0.25) is 0 Å². The van der Waals surface area contributed by atoms with Gasteiger partial charge in [0.25, 0.3) is 0 Å². The van der Waals surface area contributed by atoms with Crippen molar-refractivity contribution >= 4 is 10.0 Å². The van der Waals surface area contributed by atoms with Gasteiger partial charge in [-0.05, 0) is 43.2 Å². The zero-order valence-corrected chi connectivity index (χ0v) is 12.6. The maximum Gasteiger partial charge on any atom is 0.243 e. The monoisotopic (exact) mass is 323 g/mol. The van der Waals surface area contributed by atoms with Gasteiger partial charge in [-0.25, -0.2) is 17.2 Å². The Morgan fingerprint density at radius 3 is 2.23 bits per heavy atom. The summed E-state index contributed by atoms with van der Waals surface area (Å²) < 4.78 is 53.5. The quantitative estimate of drug-likeness (QED) is 0.846. The molecule has 0 aliphatic heterocycles. The minimum absolute atomic E-state index is 0.0168. The number of rotatable bonds is 5. The van der Waals surface area contributed by atoms with Gasteiger partial charge in [0, 0.05) is 18.2 Å². The summed E-state index contributed by atoms with van der Waals surface area (Å²) in [5.41, 5.74) is 0.333. The van der Waals surface area contributed by atoms with Gasteiger partial charge >= 0.3 is 0 Å². The molecule has 0 saturated heterocycles. The molecule has 6 heteroatoms. The third-order valence-corrected chi connectivity index (χ3v) is 5.57. The summed E-state index contributed by atoms with van der Waals surface area (Å²) in [6.07, 6.45) is 1.52. The summed E-state index contributed by atoms with van der Waals surface area (Å²) >= 11 is 0. The summed E-state index contributed by atoms with van der Waals surface area (Å²) in [4.78, 5) is 0.0251. The molecule has 0 N–H and O–H groups in total. The van der Waals surface area contributed by atoms with Crippen LogP contribution in [0.3, 0.4) is 0 Å². The molecule has 1 aliphatic carbocycles. The molecule has 2 aromatic rings. The van der Waals surface area contributed by atoms with Crippen molar-refractivity contribution in [2.75, 3.05) is 0 Å². The number of hydrogen-bond donors (Lipinski definition) is 0. The third kappa shape index (κ3) is 3.03. The van der Waals surface area contributed by atoms with Crippen LogP contribution in [0.15, 0.2) is 53.4 Å². The minimum atomic E-state index is -3.77. The van der Waals surface area contributed by atoms with Crippen molar-refractivity contribution in [2.45, 2.75) is 30.3 Å². The van der Waals surface area contributed by atoms with E-state index < -0.39 is 21.7 Å². The number of hydrogen-bond acceptors (Lipinski definition) is 2. The summed E-state index contributed by atoms with van der Waals surface area (Å²) in [6, 6.07) is 10.7. The fraction of sp³-hybridized carbons (Fsp3) is 0.250. The molecule has 0 heterocycles. The first-order chi connectivity index (χ1) is 10.5. The van der Waals surface area contributed by atoms with Crippen molar-refractivity contribution in [2.24, 2.45) is 0 Å². The van der Waals surface area contributed by atoms with E-state index in [1.807, 2.05) is 0 Å². The molecule has 2 aromatic carbocycles. The van der Waals surface area contributed by atoms with E-state index in [1.54, 1.807) is 18.2 Å². The van der Waals surface area contributed by atoms with Gasteiger partial charge in [-0.1, -0.05) is 18.2 Å². The highest BCUT2D eigenvalue weighted by Crippen LogP contribution is 2.33. The van der Waals surface area contributed by atoms with E-state index >= 15 is 0 Å². The van der Waals surface area contributed by atoms with E-state index in [1.165, 1.54) is 22.5 Å². The number of sulfonamides is 1. The summed E-state index contributed by atoms with van der Waals surface area (Å²) in [6.45, 7) is -0.0168. The van der Waals surface area contributed by atoms with Gasteiger partial charge in [-0.15, -0.1) is 0 Å². The zero-order chi connectivity index (χ0) is 15.7. The molecule has 1 fully saturated rings. The van der Waals surface area contributed by atoms with Gasteiger partial charge < -0.3 is 0 Å². The predicted molar refractivity (Wildman–Crippen MR) is 78.6 cm³/mol. The largest absolute Gasteiger partial charge is 0.243 e. The van der Waals surface area contributed by atoms with E-state index in [4.69, 9.17) is 0 Å². The Balaban J connectivity index is 1.94. The predicted octanol–water partition coefficient (Wildman–Crippen LogP) is 3.32. The summed E-state index contributed by atoms with van der Waals surface area (Å²) in [5, 5.41) is 0. The Kier molecular flexibility index (Phi) is 3.97. The molecule has 0 aromatic heterocycles. The first-order valence-electron chi connectivity index (χ1n) is 6.99. The average Bonchev–Trinajstić information content (AvgIpc) is 3.31. The zero-order valence-electron chi connectivity index (χ0n) is 11.7. The third-order valence-electron chi connectivity index (χ3n) is 3.66. The van der Waals surface area contributed by atoms with Gasteiger partial charge in [-0.3, -0.25) is 0 Å². The van der Waals surface area contributed by atoms with Gasteiger partial charge in [0.05, 0.1) is 4.90 Å². The molecule has 0 bridgehead atoms. The van der Waals surface area contributed by atoms with Crippen LogP contribution in [0.5, 0.6) is 0 Å². The highest BCUT2D eigenvalue weighted by atomic mass is 32.2. The molecule has 22 heavy (non-hydrogen) atoms. The number of nitrogens with zero attached hydrogens (tertiary/aromatic N) is 1. The van der Waals surface area contributed by atoms with E-state index in [-0.39, 0.29) is 17.5 Å². The van der Waals surface area contributed by atoms with Crippen LogP contribution in [0.25, 0.3) is 0 Å². The second-order valence-corrected chi connectivity index (χ2v) is 7.22. The fourth-order valence-electron chi connectivity index (χ4n) is 2.31. The van der Waals surface area contributed by atoms with Gasteiger partial charge in [-0.2, -0.15) is 4.31 Å². The second kappa shape index (κ2) is 5.78. The molecule has 0 spiro atoms. The first-order valence-corrected chi connectivity index (χ1v) is 8.43. The molecule has 1 saturated carbocycles. The Morgan fingerprint density at radius 1 is 1.00 bits per heavy atom. The van der Waals surface area contributed by atoms with Gasteiger partial charge in [0.1, 0.15) is 11.6 Å². The maximum atomic E-state index is 13.8. The van der Waals surface area contributed by atoms with Crippen LogP contribution in [0.1, 0.15) is 18.4 Å². The smallest absolute Gasteiger partial charge is 0.207 e. The van der Waals surface area contributed by atoms with Crippen molar-refractivity contribution in [1.82, 2.24) is 4.31 Å². The van der Waals surface area contributed by atoms with Crippen LogP contribution in [-0.4, -0.2) is 18.8 Å². The van der Waals surface area contributed by atoms with Crippen molar-refractivity contribution < 1.29 is 17.2 Å². The van der Waals surface area contributed by atoms with Crippen LogP contribution in [0.4, 0.5) is 8.78 Å². The molecule has 3 nitrogen and oxygen atoms in total. The van der Waals surface area contributed by atoms with Crippen molar-refractivity contribution in [1.29, 1.82) is 0 Å². The first kappa shape index (κ1) is 15.1. The maximum absolute atomic E-state index is 13.8. The normalized spacial score (nSPS) is 15.2. The summed E-state index contributed by atoms with van der Waals surface area (Å²) in [7, 11) is -3.77. The molecular formula is C16H15F2NO2S. The second-order valence-electron chi connectivity index (χ2n) is 5.33. The molecule has 0 amide bonds. The van der Waals surface area contributed by atoms with Crippen molar-refractivity contribution in [3.8, 4) is 0 Å². The lowest BCUT2D eigenvalue weighted by molar-refractivity contribution is 0.391. The highest BCUT2D eigenvalue weighted by molar-refractivity contribution is 7.89. The van der Waals surface area contributed by atoms with Crippen LogP contribution < -0.4 is 0 Å². The lowest BCUT2D eigenvalue weighted by atomic mass is 10.2. The average molecular weight is 323 g/mol. The fourth-order valence-corrected chi connectivity index (χ4v) is 3.97. The van der Waals surface area contributed by atoms with Crippen LogP contribution >= 0.6 is 0 Å². The molecule has 0 atom stereocenters. The summed E-state index contributed by atoms with van der Waals surface area (Å²) in [5.74, 6) is -0.923. The van der Waals surface area contributed by atoms with E-state index in [0.717, 1.165) is 25.0 Å². The molecule has 0 unspecified atom stereocenters. The SMILES string of the molecule is O=S(=O)(c1ccc(F)cc1)N(Cc1ccccc1F)C1CC1. The highest BCUT2D eigenvalue weighted by Gasteiger charge is 2.38. The van der Waals surface area contributed by atoms with Crippen molar-refractivity contribution in [3.05, 3.63) is 65.7 Å². The van der Waals surface area contributed by atoms with E-state index in [0.29, 0.717) is 5.56 Å². The molecule has 1 aliphatic rings. The number of halogens is 2. The van der Waals surface area contributed by atoms with Gasteiger partial charge in [0.15, 0.2) is 0 Å². The van der Waals surface area contributed by atoms with Gasteiger partial charge in [0.2, 0.25) is 10.0 Å². The lowest BCUT2D eigenvalue weighted by Crippen LogP contribution is -2.33. The standard InChI is InChI=1S/C16H15F2NO2S/c17-13-5-9-15(10-6-13)22(20,21)19(14-7-8-14)11-12-3-1-2-4-16(12)18/h1-6,9-10,14H,7-8,11H2. The Hall–Kier alpha value is -1.79. The molecular weight excluding hydrogens is 308 g/mol. The lowest BCUT2D eigenvalue weighted by Gasteiger charge is -2.22. The van der Waals surface area contributed by atoms with Crippen molar-refractivity contribution in [3.63, 3.8) is 0 Å². The van der Waals surface area contributed by atoms with E-state index in [9.17, 15) is 17.2 Å². The Labute approximate surface area is 128 Å². The van der Waals surface area contributed by atoms with Crippen LogP contribution in [0, 0.1) is 11.6 Å². The Morgan fingerprint density at radius 2 is 1.64 bits per heavy atom. The minimum Gasteiger partial charge on any atom is -0.207 e. The van der Waals surface area contributed by atoms with Crippen LogP contribution in [-0.2, 0) is 16.6 Å².